The summed E-state index contributed by atoms with van der Waals surface area (Å²) in [6.07, 6.45) is 2.08. The summed E-state index contributed by atoms with van der Waals surface area (Å²) in [5.41, 5.74) is 0.991. The van der Waals surface area contributed by atoms with Crippen LogP contribution in [0.25, 0.3) is 0 Å². The molecule has 14 heavy (non-hydrogen) atoms. The first-order chi connectivity index (χ1) is 6.68. The first-order valence-corrected chi connectivity index (χ1v) is 5.10. The van der Waals surface area contributed by atoms with Crippen molar-refractivity contribution in [3.8, 4) is 5.88 Å². The van der Waals surface area contributed by atoms with Crippen molar-refractivity contribution in [2.45, 2.75) is 32.3 Å². The molecule has 2 N–H and O–H groups in total. The number of nitrogens with zero attached hydrogens (tertiary/aromatic N) is 1. The molecule has 0 bridgehead atoms. The van der Waals surface area contributed by atoms with Gasteiger partial charge in [0.1, 0.15) is 5.60 Å². The van der Waals surface area contributed by atoms with Crippen molar-refractivity contribution >= 4 is 0 Å². The first kappa shape index (κ1) is 9.52. The number of aryl methyl sites for hydroxylation is 1. The molecule has 1 saturated heterocycles. The number of rotatable bonds is 2. The van der Waals surface area contributed by atoms with Crippen LogP contribution < -0.4 is 10.1 Å². The van der Waals surface area contributed by atoms with Gasteiger partial charge in [-0.2, -0.15) is 0 Å². The molecular weight excluding hydrogens is 178 g/mol. The third kappa shape index (κ3) is 2.07. The van der Waals surface area contributed by atoms with Crippen molar-refractivity contribution in [1.82, 2.24) is 15.5 Å². The van der Waals surface area contributed by atoms with Crippen LogP contribution in [0.4, 0.5) is 0 Å². The summed E-state index contributed by atoms with van der Waals surface area (Å²) in [4.78, 5) is 0. The molecule has 4 nitrogen and oxygen atoms in total. The van der Waals surface area contributed by atoms with E-state index in [1.54, 1.807) is 0 Å². The standard InChI is InChI=1S/C10H17N3O/c1-8-7-9(13-12-8)14-10(2)3-5-11-6-4-10/h7,11H,3-6H2,1-2H3,(H,12,13). The second-order valence-corrected chi connectivity index (χ2v) is 4.19. The van der Waals surface area contributed by atoms with Crippen LogP contribution in [-0.4, -0.2) is 28.9 Å². The maximum atomic E-state index is 5.88. The summed E-state index contributed by atoms with van der Waals surface area (Å²) < 4.78 is 5.88. The van der Waals surface area contributed by atoms with E-state index in [0.29, 0.717) is 5.88 Å². The van der Waals surface area contributed by atoms with Crippen molar-refractivity contribution in [2.24, 2.45) is 0 Å². The fraction of sp³-hybridized carbons (Fsp3) is 0.700. The third-order valence-corrected chi connectivity index (χ3v) is 2.69. The largest absolute Gasteiger partial charge is 0.470 e. The Kier molecular flexibility index (Phi) is 2.46. The number of aromatic amines is 1. The van der Waals surface area contributed by atoms with E-state index < -0.39 is 0 Å². The molecule has 0 saturated carbocycles. The molecule has 1 aromatic heterocycles. The average molecular weight is 195 g/mol. The molecular formula is C10H17N3O. The molecule has 1 aliphatic heterocycles. The molecule has 0 unspecified atom stereocenters. The maximum absolute atomic E-state index is 5.88. The zero-order valence-corrected chi connectivity index (χ0v) is 8.76. The minimum Gasteiger partial charge on any atom is -0.470 e. The lowest BCUT2D eigenvalue weighted by atomic mass is 9.95. The smallest absolute Gasteiger partial charge is 0.233 e. The van der Waals surface area contributed by atoms with Crippen molar-refractivity contribution in [1.29, 1.82) is 0 Å². The number of ether oxygens (including phenoxy) is 1. The van der Waals surface area contributed by atoms with Crippen LogP contribution in [0.2, 0.25) is 0 Å². The predicted molar refractivity (Wildman–Crippen MR) is 54.5 cm³/mol. The fourth-order valence-corrected chi connectivity index (χ4v) is 1.76. The van der Waals surface area contributed by atoms with Crippen LogP contribution >= 0.6 is 0 Å². The van der Waals surface area contributed by atoms with Gasteiger partial charge in [0, 0.05) is 11.8 Å². The average Bonchev–Trinajstić information content (AvgIpc) is 2.51. The number of aromatic nitrogens is 2. The van der Waals surface area contributed by atoms with Gasteiger partial charge in [0.25, 0.3) is 0 Å². The molecule has 78 valence electrons. The van der Waals surface area contributed by atoms with Gasteiger partial charge in [0.2, 0.25) is 5.88 Å². The quantitative estimate of drug-likeness (QED) is 0.746. The minimum absolute atomic E-state index is 0.0487. The monoisotopic (exact) mass is 195 g/mol. The van der Waals surface area contributed by atoms with Crippen molar-refractivity contribution in [3.05, 3.63) is 11.8 Å². The van der Waals surface area contributed by atoms with Gasteiger partial charge in [-0.1, -0.05) is 0 Å². The number of nitrogens with one attached hydrogen (secondary N) is 2. The molecule has 4 heteroatoms. The van der Waals surface area contributed by atoms with Gasteiger partial charge >= 0.3 is 0 Å². The molecule has 0 aliphatic carbocycles. The molecule has 2 heterocycles. The molecule has 0 radical (unpaired) electrons. The van der Waals surface area contributed by atoms with Gasteiger partial charge in [-0.15, -0.1) is 5.10 Å². The maximum Gasteiger partial charge on any atom is 0.233 e. The summed E-state index contributed by atoms with van der Waals surface area (Å²) in [5, 5.41) is 10.3. The Labute approximate surface area is 84.0 Å². The van der Waals surface area contributed by atoms with E-state index in [-0.39, 0.29) is 5.60 Å². The lowest BCUT2D eigenvalue weighted by molar-refractivity contribution is 0.0507. The van der Waals surface area contributed by atoms with Crippen LogP contribution in [0.1, 0.15) is 25.5 Å². The summed E-state index contributed by atoms with van der Waals surface area (Å²) in [5.74, 6) is 0.715. The molecule has 0 spiro atoms. The predicted octanol–water partition coefficient (Wildman–Crippen LogP) is 1.24. The zero-order chi connectivity index (χ0) is 10.0. The molecule has 1 fully saturated rings. The van der Waals surface area contributed by atoms with Gasteiger partial charge in [-0.05, 0) is 39.8 Å². The number of hydrogen-bond acceptors (Lipinski definition) is 3. The van der Waals surface area contributed by atoms with Crippen molar-refractivity contribution in [3.63, 3.8) is 0 Å². The lowest BCUT2D eigenvalue weighted by Crippen LogP contribution is -2.43. The Morgan fingerprint density at radius 3 is 2.71 bits per heavy atom. The fourth-order valence-electron chi connectivity index (χ4n) is 1.76. The van der Waals surface area contributed by atoms with Crippen LogP contribution in [0.15, 0.2) is 6.07 Å². The van der Waals surface area contributed by atoms with Crippen LogP contribution in [0.3, 0.4) is 0 Å². The van der Waals surface area contributed by atoms with Crippen molar-refractivity contribution < 1.29 is 4.74 Å². The third-order valence-electron chi connectivity index (χ3n) is 2.69. The van der Waals surface area contributed by atoms with Crippen LogP contribution in [0.5, 0.6) is 5.88 Å². The molecule has 1 aromatic rings. The van der Waals surface area contributed by atoms with E-state index >= 15 is 0 Å². The van der Waals surface area contributed by atoms with E-state index in [0.717, 1.165) is 31.6 Å². The second kappa shape index (κ2) is 3.61. The van der Waals surface area contributed by atoms with Gasteiger partial charge in [0.05, 0.1) is 0 Å². The highest BCUT2D eigenvalue weighted by molar-refractivity contribution is 5.13. The summed E-state index contributed by atoms with van der Waals surface area (Å²) in [6, 6.07) is 1.94. The molecule has 1 aliphatic rings. The summed E-state index contributed by atoms with van der Waals surface area (Å²) in [7, 11) is 0. The Morgan fingerprint density at radius 2 is 2.14 bits per heavy atom. The number of piperidine rings is 1. The van der Waals surface area contributed by atoms with Gasteiger partial charge in [-0.3, -0.25) is 5.10 Å². The minimum atomic E-state index is -0.0487. The van der Waals surface area contributed by atoms with Crippen LogP contribution in [-0.2, 0) is 0 Å². The van der Waals surface area contributed by atoms with E-state index in [4.69, 9.17) is 4.74 Å². The van der Waals surface area contributed by atoms with Gasteiger partial charge in [0.15, 0.2) is 0 Å². The highest BCUT2D eigenvalue weighted by atomic mass is 16.5. The van der Waals surface area contributed by atoms with Gasteiger partial charge < -0.3 is 10.1 Å². The Hall–Kier alpha value is -1.03. The number of hydrogen-bond donors (Lipinski definition) is 2. The highest BCUT2D eigenvalue weighted by Crippen LogP contribution is 2.24. The Bertz CT molecular complexity index is 302. The molecule has 2 rings (SSSR count). The van der Waals surface area contributed by atoms with Crippen LogP contribution in [0, 0.1) is 6.92 Å². The highest BCUT2D eigenvalue weighted by Gasteiger charge is 2.29. The molecule has 0 amide bonds. The van der Waals surface area contributed by atoms with Gasteiger partial charge in [-0.25, -0.2) is 0 Å². The first-order valence-electron chi connectivity index (χ1n) is 5.10. The Morgan fingerprint density at radius 1 is 1.43 bits per heavy atom. The SMILES string of the molecule is Cc1cc(OC2(C)CCNCC2)n[nH]1. The summed E-state index contributed by atoms with van der Waals surface area (Å²) in [6.45, 7) is 6.18. The molecule has 0 aromatic carbocycles. The topological polar surface area (TPSA) is 49.9 Å². The van der Waals surface area contributed by atoms with E-state index in [2.05, 4.69) is 22.4 Å². The summed E-state index contributed by atoms with van der Waals surface area (Å²) >= 11 is 0. The molecule has 0 atom stereocenters. The van der Waals surface area contributed by atoms with E-state index in [1.807, 2.05) is 13.0 Å². The zero-order valence-electron chi connectivity index (χ0n) is 8.76. The Balaban J connectivity index is 2.01. The van der Waals surface area contributed by atoms with E-state index in [1.165, 1.54) is 0 Å². The second-order valence-electron chi connectivity index (χ2n) is 4.19. The normalized spacial score (nSPS) is 20.7. The van der Waals surface area contributed by atoms with E-state index in [9.17, 15) is 0 Å². The number of H-pyrrole nitrogens is 1. The lowest BCUT2D eigenvalue weighted by Gasteiger charge is -2.33. The van der Waals surface area contributed by atoms with Crippen molar-refractivity contribution in [2.75, 3.05) is 13.1 Å².